The van der Waals surface area contributed by atoms with E-state index in [-0.39, 0.29) is 5.91 Å². The Morgan fingerprint density at radius 2 is 1.50 bits per heavy atom. The van der Waals surface area contributed by atoms with Gasteiger partial charge in [0.15, 0.2) is 0 Å². The maximum absolute atomic E-state index is 12.6. The number of rotatable bonds is 8. The lowest BCUT2D eigenvalue weighted by Crippen LogP contribution is -2.33. The van der Waals surface area contributed by atoms with Gasteiger partial charge in [-0.15, -0.1) is 0 Å². The number of carbonyl (C=O) groups is 1. The van der Waals surface area contributed by atoms with Gasteiger partial charge in [-0.2, -0.15) is 0 Å². The van der Waals surface area contributed by atoms with Gasteiger partial charge in [-0.1, -0.05) is 74.4 Å². The Bertz CT molecular complexity index is 1040. The van der Waals surface area contributed by atoms with Crippen LogP contribution in [0.2, 0.25) is 0 Å². The second-order valence-electron chi connectivity index (χ2n) is 8.89. The second-order valence-corrected chi connectivity index (χ2v) is 8.89. The van der Waals surface area contributed by atoms with Gasteiger partial charge < -0.3 is 15.2 Å². The molecule has 0 saturated carbocycles. The van der Waals surface area contributed by atoms with Crippen LogP contribution < -0.4 is 5.73 Å². The highest BCUT2D eigenvalue weighted by molar-refractivity contribution is 6.02. The first-order chi connectivity index (χ1) is 15.6. The Balaban J connectivity index is 1.72. The number of aromatic nitrogens is 1. The molecule has 168 valence electrons. The highest BCUT2D eigenvalue weighted by Crippen LogP contribution is 2.35. The molecule has 4 nitrogen and oxygen atoms in total. The number of amides is 1. The van der Waals surface area contributed by atoms with Crippen molar-refractivity contribution in [1.82, 2.24) is 9.47 Å². The fraction of sp³-hybridized carbons (Fsp3) is 0.393. The molecule has 0 bridgehead atoms. The van der Waals surface area contributed by atoms with Crippen LogP contribution in [0.4, 0.5) is 0 Å². The number of nitrogens with zero attached hydrogens (tertiary/aromatic N) is 2. The van der Waals surface area contributed by atoms with E-state index in [0.717, 1.165) is 42.8 Å². The molecule has 1 fully saturated rings. The summed E-state index contributed by atoms with van der Waals surface area (Å²) in [6.45, 7) is 8.54. The van der Waals surface area contributed by atoms with Crippen LogP contribution in [0.1, 0.15) is 54.4 Å². The molecule has 1 aromatic heterocycles. The van der Waals surface area contributed by atoms with Crippen molar-refractivity contribution in [3.63, 3.8) is 0 Å². The van der Waals surface area contributed by atoms with E-state index in [9.17, 15) is 4.79 Å². The van der Waals surface area contributed by atoms with Crippen molar-refractivity contribution in [2.75, 3.05) is 19.6 Å². The minimum absolute atomic E-state index is 0.335. The van der Waals surface area contributed by atoms with Crippen molar-refractivity contribution in [1.29, 1.82) is 0 Å². The van der Waals surface area contributed by atoms with E-state index in [1.807, 2.05) is 6.07 Å². The summed E-state index contributed by atoms with van der Waals surface area (Å²) in [5, 5.41) is 0. The van der Waals surface area contributed by atoms with E-state index in [1.54, 1.807) is 0 Å². The number of likely N-dealkylation sites (tertiary alicyclic amines) is 1. The van der Waals surface area contributed by atoms with Crippen LogP contribution >= 0.6 is 0 Å². The molecule has 0 aliphatic carbocycles. The summed E-state index contributed by atoms with van der Waals surface area (Å²) < 4.78 is 2.36. The molecule has 32 heavy (non-hydrogen) atoms. The van der Waals surface area contributed by atoms with Crippen molar-refractivity contribution in [3.8, 4) is 22.3 Å². The predicted molar refractivity (Wildman–Crippen MR) is 133 cm³/mol. The minimum Gasteiger partial charge on any atom is -0.366 e. The highest BCUT2D eigenvalue weighted by atomic mass is 16.1. The van der Waals surface area contributed by atoms with Gasteiger partial charge in [-0.25, -0.2) is 0 Å². The summed E-state index contributed by atoms with van der Waals surface area (Å²) in [5.74, 6) is -0.335. The summed E-state index contributed by atoms with van der Waals surface area (Å²) in [7, 11) is 0. The monoisotopic (exact) mass is 429 g/mol. The molecule has 4 rings (SSSR count). The van der Waals surface area contributed by atoms with Crippen molar-refractivity contribution < 1.29 is 4.79 Å². The zero-order valence-corrected chi connectivity index (χ0v) is 19.4. The largest absolute Gasteiger partial charge is 0.366 e. The first kappa shape index (κ1) is 22.3. The summed E-state index contributed by atoms with van der Waals surface area (Å²) in [6.07, 6.45) is 5.88. The van der Waals surface area contributed by atoms with Crippen LogP contribution in [0.5, 0.6) is 0 Å². The van der Waals surface area contributed by atoms with Crippen LogP contribution in [0.15, 0.2) is 54.6 Å². The topological polar surface area (TPSA) is 51.3 Å². The van der Waals surface area contributed by atoms with E-state index in [0.29, 0.717) is 5.56 Å². The average Bonchev–Trinajstić information content (AvgIpc) is 3.10. The maximum Gasteiger partial charge on any atom is 0.251 e. The van der Waals surface area contributed by atoms with Crippen LogP contribution in [-0.4, -0.2) is 35.0 Å². The van der Waals surface area contributed by atoms with Crippen LogP contribution in [-0.2, 0) is 13.0 Å². The highest BCUT2D eigenvalue weighted by Gasteiger charge is 2.24. The third kappa shape index (κ3) is 4.66. The van der Waals surface area contributed by atoms with Gasteiger partial charge in [0.2, 0.25) is 0 Å². The molecule has 1 saturated heterocycles. The van der Waals surface area contributed by atoms with Crippen LogP contribution in [0, 0.1) is 6.92 Å². The summed E-state index contributed by atoms with van der Waals surface area (Å²) in [6, 6.07) is 18.9. The summed E-state index contributed by atoms with van der Waals surface area (Å²) in [4.78, 5) is 15.1. The normalized spacial score (nSPS) is 14.6. The number of hydrogen-bond acceptors (Lipinski definition) is 2. The number of carbonyl (C=O) groups excluding carboxylic acids is 1. The molecule has 1 amide bonds. The van der Waals surface area contributed by atoms with E-state index in [2.05, 4.69) is 71.8 Å². The zero-order chi connectivity index (χ0) is 22.5. The smallest absolute Gasteiger partial charge is 0.251 e. The van der Waals surface area contributed by atoms with Gasteiger partial charge in [0.05, 0.1) is 5.56 Å². The summed E-state index contributed by atoms with van der Waals surface area (Å²) >= 11 is 0. The lowest BCUT2D eigenvalue weighted by molar-refractivity contribution is 0.1000. The van der Waals surface area contributed by atoms with Crippen molar-refractivity contribution in [2.45, 2.75) is 52.5 Å². The summed E-state index contributed by atoms with van der Waals surface area (Å²) in [5.41, 5.74) is 13.3. The van der Waals surface area contributed by atoms with Crippen LogP contribution in [0.3, 0.4) is 0 Å². The first-order valence-corrected chi connectivity index (χ1v) is 12.0. The number of benzene rings is 2. The molecule has 0 atom stereocenters. The van der Waals surface area contributed by atoms with Gasteiger partial charge in [0, 0.05) is 30.0 Å². The van der Waals surface area contributed by atoms with Gasteiger partial charge in [0.1, 0.15) is 0 Å². The number of piperidine rings is 1. The van der Waals surface area contributed by atoms with Gasteiger partial charge >= 0.3 is 0 Å². The Labute approximate surface area is 192 Å². The molecule has 0 radical (unpaired) electrons. The Kier molecular flexibility index (Phi) is 7.11. The second kappa shape index (κ2) is 10.2. The van der Waals surface area contributed by atoms with Crippen molar-refractivity contribution >= 4 is 5.91 Å². The Hall–Kier alpha value is -2.85. The van der Waals surface area contributed by atoms with Crippen LogP contribution in [0.25, 0.3) is 22.3 Å². The van der Waals surface area contributed by atoms with E-state index >= 15 is 0 Å². The molecule has 2 heterocycles. The van der Waals surface area contributed by atoms with Crippen molar-refractivity contribution in [3.05, 3.63) is 71.5 Å². The van der Waals surface area contributed by atoms with Gasteiger partial charge in [-0.3, -0.25) is 4.79 Å². The quantitative estimate of drug-likeness (QED) is 0.502. The molecular formula is C28H35N3O. The SMILES string of the molecule is CCCc1c(-c2ccc(-c3ccccc3)cc2)c(C(N)=O)c(C)n1CCN1CCCCC1. The Morgan fingerprint density at radius 1 is 0.875 bits per heavy atom. The predicted octanol–water partition coefficient (Wildman–Crippen LogP) is 5.67. The van der Waals surface area contributed by atoms with Gasteiger partial charge in [-0.05, 0) is 56.0 Å². The van der Waals surface area contributed by atoms with E-state index < -0.39 is 0 Å². The van der Waals surface area contributed by atoms with Gasteiger partial charge in [0.25, 0.3) is 5.91 Å². The lowest BCUT2D eigenvalue weighted by atomic mass is 9.96. The number of hydrogen-bond donors (Lipinski definition) is 1. The molecule has 1 aliphatic rings. The molecule has 1 aliphatic heterocycles. The van der Waals surface area contributed by atoms with E-state index in [4.69, 9.17) is 5.73 Å². The molecule has 2 aromatic carbocycles. The maximum atomic E-state index is 12.6. The number of primary amides is 1. The average molecular weight is 430 g/mol. The van der Waals surface area contributed by atoms with E-state index in [1.165, 1.54) is 49.2 Å². The Morgan fingerprint density at radius 3 is 2.12 bits per heavy atom. The number of nitrogens with two attached hydrogens (primary N) is 1. The molecule has 4 heteroatoms. The standard InChI is InChI=1S/C28H35N3O/c1-3-10-25-27(24-15-13-23(14-16-24)22-11-6-4-7-12-22)26(28(29)32)21(2)31(25)20-19-30-17-8-5-9-18-30/h4,6-7,11-16H,3,5,8-10,17-20H2,1-2H3,(H2,29,32). The zero-order valence-electron chi connectivity index (χ0n) is 19.4. The molecule has 0 spiro atoms. The third-order valence-corrected chi connectivity index (χ3v) is 6.73. The molecule has 3 aromatic rings. The minimum atomic E-state index is -0.335. The third-order valence-electron chi connectivity index (χ3n) is 6.73. The first-order valence-electron chi connectivity index (χ1n) is 12.0. The fourth-order valence-corrected chi connectivity index (χ4v) is 5.09. The molecule has 0 unspecified atom stereocenters. The lowest BCUT2D eigenvalue weighted by Gasteiger charge is -2.27. The molecular weight excluding hydrogens is 394 g/mol. The fourth-order valence-electron chi connectivity index (χ4n) is 5.09. The molecule has 2 N–H and O–H groups in total. The van der Waals surface area contributed by atoms with Crippen molar-refractivity contribution in [2.24, 2.45) is 5.73 Å².